The molecule has 0 aromatic heterocycles. The van der Waals surface area contributed by atoms with Crippen molar-refractivity contribution in [1.29, 1.82) is 5.26 Å². The van der Waals surface area contributed by atoms with E-state index in [-0.39, 0.29) is 31.1 Å². The first kappa shape index (κ1) is 24.4. The second-order valence-corrected chi connectivity index (χ2v) is 7.73. The molecule has 0 fully saturated rings. The molecule has 3 atom stereocenters. The molecule has 5 nitrogen and oxygen atoms in total. The maximum Gasteiger partial charge on any atom is 0.309 e. The molecule has 5 heteroatoms. The third kappa shape index (κ3) is 9.79. The summed E-state index contributed by atoms with van der Waals surface area (Å²) < 4.78 is 10.5. The lowest BCUT2D eigenvalue weighted by molar-refractivity contribution is -0.161. The second-order valence-electron chi connectivity index (χ2n) is 7.73. The third-order valence-corrected chi connectivity index (χ3v) is 4.44. The minimum Gasteiger partial charge on any atom is -0.466 e. The van der Waals surface area contributed by atoms with Crippen molar-refractivity contribution in [2.75, 3.05) is 13.2 Å². The van der Waals surface area contributed by atoms with E-state index in [1.54, 1.807) is 13.8 Å². The van der Waals surface area contributed by atoms with Gasteiger partial charge in [-0.1, -0.05) is 40.5 Å². The number of nitrogens with zero attached hydrogens (tertiary/aromatic N) is 1. The Morgan fingerprint density at radius 2 is 1.38 bits per heavy atom. The number of hydrogen-bond acceptors (Lipinski definition) is 5. The summed E-state index contributed by atoms with van der Waals surface area (Å²) in [6.07, 6.45) is 3.46. The van der Waals surface area contributed by atoms with Crippen molar-refractivity contribution in [2.24, 2.45) is 29.6 Å². The maximum absolute atomic E-state index is 12.6. The first-order valence-electron chi connectivity index (χ1n) is 9.99. The Morgan fingerprint density at radius 3 is 1.81 bits per heavy atom. The van der Waals surface area contributed by atoms with Gasteiger partial charge in [-0.25, -0.2) is 0 Å². The topological polar surface area (TPSA) is 76.4 Å². The van der Waals surface area contributed by atoms with Gasteiger partial charge in [0.1, 0.15) is 0 Å². The summed E-state index contributed by atoms with van der Waals surface area (Å²) in [4.78, 5) is 25.1. The smallest absolute Gasteiger partial charge is 0.309 e. The zero-order chi connectivity index (χ0) is 20.1. The zero-order valence-corrected chi connectivity index (χ0v) is 17.4. The molecule has 0 spiro atoms. The Hall–Kier alpha value is -1.57. The van der Waals surface area contributed by atoms with Crippen LogP contribution in [0.3, 0.4) is 0 Å². The highest BCUT2D eigenvalue weighted by Crippen LogP contribution is 2.31. The monoisotopic (exact) mass is 367 g/mol. The second kappa shape index (κ2) is 13.6. The number of nitriles is 1. The molecule has 0 saturated carbocycles. The molecular weight excluding hydrogens is 330 g/mol. The molecule has 150 valence electrons. The molecule has 0 aliphatic heterocycles. The van der Waals surface area contributed by atoms with Crippen LogP contribution in [0.25, 0.3) is 0 Å². The van der Waals surface area contributed by atoms with E-state index < -0.39 is 11.8 Å². The van der Waals surface area contributed by atoms with Gasteiger partial charge in [-0.15, -0.1) is 0 Å². The highest BCUT2D eigenvalue weighted by Gasteiger charge is 2.37. The molecule has 0 radical (unpaired) electrons. The van der Waals surface area contributed by atoms with Crippen molar-refractivity contribution >= 4 is 11.9 Å². The van der Waals surface area contributed by atoms with Crippen LogP contribution < -0.4 is 0 Å². The number of hydrogen-bond donors (Lipinski definition) is 0. The fraction of sp³-hybridized carbons (Fsp3) is 0.857. The molecule has 0 saturated heterocycles. The molecule has 0 amide bonds. The third-order valence-electron chi connectivity index (χ3n) is 4.44. The molecule has 0 aliphatic rings. The normalized spacial score (nSPS) is 14.6. The van der Waals surface area contributed by atoms with Crippen LogP contribution in [-0.2, 0) is 19.1 Å². The van der Waals surface area contributed by atoms with Crippen LogP contribution in [0.5, 0.6) is 0 Å². The lowest BCUT2D eigenvalue weighted by Crippen LogP contribution is -2.34. The van der Waals surface area contributed by atoms with Gasteiger partial charge in [0.15, 0.2) is 0 Å². The quantitative estimate of drug-likeness (QED) is 0.439. The van der Waals surface area contributed by atoms with Gasteiger partial charge in [0.25, 0.3) is 0 Å². The molecule has 0 bridgehead atoms. The summed E-state index contributed by atoms with van der Waals surface area (Å²) in [5, 5.41) is 9.49. The zero-order valence-electron chi connectivity index (χ0n) is 17.4. The van der Waals surface area contributed by atoms with E-state index in [0.29, 0.717) is 31.1 Å². The van der Waals surface area contributed by atoms with Gasteiger partial charge in [0.2, 0.25) is 0 Å². The summed E-state index contributed by atoms with van der Waals surface area (Å²) in [7, 11) is 0. The van der Waals surface area contributed by atoms with Gasteiger partial charge in [-0.05, 0) is 44.9 Å². The fourth-order valence-corrected chi connectivity index (χ4v) is 3.23. The minimum atomic E-state index is -0.621. The highest BCUT2D eigenvalue weighted by atomic mass is 16.5. The van der Waals surface area contributed by atoms with E-state index >= 15 is 0 Å². The summed E-state index contributed by atoms with van der Waals surface area (Å²) in [6, 6.07) is 2.30. The van der Waals surface area contributed by atoms with E-state index in [1.807, 2.05) is 0 Å². The maximum atomic E-state index is 12.6. The van der Waals surface area contributed by atoms with E-state index in [9.17, 15) is 14.9 Å². The predicted octanol–water partition coefficient (Wildman–Crippen LogP) is 4.75. The average Bonchev–Trinajstić information content (AvgIpc) is 2.55. The van der Waals surface area contributed by atoms with Crippen molar-refractivity contribution in [1.82, 2.24) is 0 Å². The van der Waals surface area contributed by atoms with Gasteiger partial charge in [-0.3, -0.25) is 9.59 Å². The number of carbonyl (C=O) groups excluding carboxylic acids is 2. The van der Waals surface area contributed by atoms with E-state index in [1.165, 1.54) is 0 Å². The highest BCUT2D eigenvalue weighted by molar-refractivity contribution is 5.82. The first-order valence-corrected chi connectivity index (χ1v) is 9.99. The first-order chi connectivity index (χ1) is 12.3. The van der Waals surface area contributed by atoms with Crippen LogP contribution in [0.15, 0.2) is 0 Å². The summed E-state index contributed by atoms with van der Waals surface area (Å²) in [6.45, 7) is 12.4. The molecule has 0 heterocycles. The molecule has 0 N–H and O–H groups in total. The molecule has 26 heavy (non-hydrogen) atoms. The number of carbonyl (C=O) groups is 2. The van der Waals surface area contributed by atoms with Crippen molar-refractivity contribution in [3.05, 3.63) is 0 Å². The van der Waals surface area contributed by atoms with Gasteiger partial charge in [0.05, 0.1) is 31.1 Å². The van der Waals surface area contributed by atoms with Gasteiger partial charge in [0, 0.05) is 5.92 Å². The van der Waals surface area contributed by atoms with Crippen molar-refractivity contribution < 1.29 is 19.1 Å². The van der Waals surface area contributed by atoms with Crippen LogP contribution >= 0.6 is 0 Å². The Morgan fingerprint density at radius 1 is 0.846 bits per heavy atom. The van der Waals surface area contributed by atoms with Gasteiger partial charge >= 0.3 is 11.9 Å². The largest absolute Gasteiger partial charge is 0.466 e. The van der Waals surface area contributed by atoms with E-state index in [2.05, 4.69) is 33.8 Å². The summed E-state index contributed by atoms with van der Waals surface area (Å²) in [5.41, 5.74) is 0. The average molecular weight is 368 g/mol. The van der Waals surface area contributed by atoms with Crippen molar-refractivity contribution in [3.63, 3.8) is 0 Å². The van der Waals surface area contributed by atoms with Gasteiger partial charge < -0.3 is 9.47 Å². The minimum absolute atomic E-state index is 0.262. The van der Waals surface area contributed by atoms with Gasteiger partial charge in [-0.2, -0.15) is 5.26 Å². The van der Waals surface area contributed by atoms with E-state index in [0.717, 1.165) is 12.8 Å². The Labute approximate surface area is 159 Å². The van der Waals surface area contributed by atoms with Crippen LogP contribution in [0.2, 0.25) is 0 Å². The lowest BCUT2D eigenvalue weighted by Gasteiger charge is -2.26. The summed E-state index contributed by atoms with van der Waals surface area (Å²) >= 11 is 0. The van der Waals surface area contributed by atoms with Crippen LogP contribution in [0.4, 0.5) is 0 Å². The number of esters is 2. The molecule has 3 unspecified atom stereocenters. The molecule has 0 aromatic rings. The molecule has 0 aromatic carbocycles. The van der Waals surface area contributed by atoms with E-state index in [4.69, 9.17) is 9.47 Å². The predicted molar refractivity (Wildman–Crippen MR) is 102 cm³/mol. The standard InChI is InChI=1S/C21H37NO4/c1-7-25-20(23)18(11-9-10-15(3)4)19(21(24)26-8-2)13-17(14-22)12-16(5)6/h15-19H,7-13H2,1-6H3. The summed E-state index contributed by atoms with van der Waals surface area (Å²) in [5.74, 6) is -1.29. The molecule has 0 rings (SSSR count). The number of rotatable bonds is 13. The lowest BCUT2D eigenvalue weighted by atomic mass is 9.79. The van der Waals surface area contributed by atoms with Crippen LogP contribution in [0.1, 0.15) is 73.6 Å². The molecule has 0 aliphatic carbocycles. The fourth-order valence-electron chi connectivity index (χ4n) is 3.23. The Balaban J connectivity index is 5.43. The Kier molecular flexibility index (Phi) is 12.8. The SMILES string of the molecule is CCOC(=O)C(CCCC(C)C)C(CC(C#N)CC(C)C)C(=O)OCC. The molecular formula is C21H37NO4. The van der Waals surface area contributed by atoms with Crippen molar-refractivity contribution in [2.45, 2.75) is 73.6 Å². The Bertz CT molecular complexity index is 453. The van der Waals surface area contributed by atoms with Crippen LogP contribution in [0, 0.1) is 40.9 Å². The number of ether oxygens (including phenoxy) is 2. The van der Waals surface area contributed by atoms with Crippen LogP contribution in [-0.4, -0.2) is 25.2 Å². The van der Waals surface area contributed by atoms with Crippen molar-refractivity contribution in [3.8, 4) is 6.07 Å².